The lowest BCUT2D eigenvalue weighted by atomic mass is 9.81. The molecule has 0 bridgehead atoms. The van der Waals surface area contributed by atoms with Crippen LogP contribution in [0.3, 0.4) is 0 Å². The van der Waals surface area contributed by atoms with E-state index >= 15 is 0 Å². The van der Waals surface area contributed by atoms with Gasteiger partial charge in [0, 0.05) is 18.2 Å². The van der Waals surface area contributed by atoms with Crippen LogP contribution in [-0.4, -0.2) is 18.5 Å². The molecule has 3 nitrogen and oxygen atoms in total. The fourth-order valence-electron chi connectivity index (χ4n) is 2.03. The number of nitrogens with one attached hydrogen (secondary N) is 1. The zero-order chi connectivity index (χ0) is 12.4. The van der Waals surface area contributed by atoms with E-state index in [0.29, 0.717) is 23.6 Å². The summed E-state index contributed by atoms with van der Waals surface area (Å²) >= 11 is 0. The molecule has 92 valence electrons. The van der Waals surface area contributed by atoms with E-state index in [1.807, 2.05) is 0 Å². The van der Waals surface area contributed by atoms with Gasteiger partial charge in [0.05, 0.1) is 0 Å². The van der Waals surface area contributed by atoms with Gasteiger partial charge in [0.15, 0.2) is 0 Å². The third kappa shape index (κ3) is 2.82. The number of carbonyl (C=O) groups is 1. The van der Waals surface area contributed by atoms with Crippen LogP contribution < -0.4 is 11.1 Å². The summed E-state index contributed by atoms with van der Waals surface area (Å²) in [5.74, 6) is -0.0862. The second-order valence-corrected chi connectivity index (χ2v) is 4.77. The van der Waals surface area contributed by atoms with Crippen molar-refractivity contribution in [1.29, 1.82) is 0 Å². The molecule has 0 radical (unpaired) electrons. The van der Waals surface area contributed by atoms with Gasteiger partial charge in [-0.2, -0.15) is 0 Å². The summed E-state index contributed by atoms with van der Waals surface area (Å²) < 4.78 is 13.3. The third-order valence-corrected chi connectivity index (χ3v) is 3.26. The fraction of sp³-hybridized carbons (Fsp3) is 0.462. The van der Waals surface area contributed by atoms with E-state index < -0.39 is 0 Å². The molecule has 1 saturated carbocycles. The van der Waals surface area contributed by atoms with Crippen molar-refractivity contribution in [3.05, 3.63) is 35.1 Å². The summed E-state index contributed by atoms with van der Waals surface area (Å²) in [5.41, 5.74) is 6.58. The topological polar surface area (TPSA) is 55.1 Å². The molecule has 17 heavy (non-hydrogen) atoms. The molecular formula is C13H17FN2O. The Bertz CT molecular complexity index is 427. The number of carbonyl (C=O) groups excluding carboxylic acids is 1. The monoisotopic (exact) mass is 236 g/mol. The number of rotatable bonds is 3. The molecule has 1 fully saturated rings. The first-order valence-corrected chi connectivity index (χ1v) is 5.86. The van der Waals surface area contributed by atoms with Gasteiger partial charge < -0.3 is 11.1 Å². The number of amides is 1. The lowest BCUT2D eigenvalue weighted by Gasteiger charge is -2.32. The van der Waals surface area contributed by atoms with Crippen molar-refractivity contribution in [1.82, 2.24) is 5.32 Å². The number of benzene rings is 1. The van der Waals surface area contributed by atoms with E-state index in [1.165, 1.54) is 6.07 Å². The molecule has 3 N–H and O–H groups in total. The van der Waals surface area contributed by atoms with E-state index in [-0.39, 0.29) is 17.8 Å². The zero-order valence-corrected chi connectivity index (χ0v) is 9.87. The van der Waals surface area contributed by atoms with Crippen molar-refractivity contribution in [3.8, 4) is 0 Å². The van der Waals surface area contributed by atoms with Crippen molar-refractivity contribution in [2.24, 2.45) is 11.7 Å². The standard InChI is InChI=1S/C13H17FN2O/c1-8-2-3-10(6-12(8)14)13(17)16-7-9-4-11(15)5-9/h2-3,6,9,11H,4-5,7,15H2,1H3,(H,16,17). The second-order valence-electron chi connectivity index (χ2n) is 4.77. The second kappa shape index (κ2) is 4.84. The summed E-state index contributed by atoms with van der Waals surface area (Å²) in [6, 6.07) is 4.81. The summed E-state index contributed by atoms with van der Waals surface area (Å²) in [5, 5.41) is 2.81. The van der Waals surface area contributed by atoms with Crippen LogP contribution in [-0.2, 0) is 0 Å². The lowest BCUT2D eigenvalue weighted by Crippen LogP contribution is -2.42. The molecule has 0 aromatic heterocycles. The van der Waals surface area contributed by atoms with Crippen molar-refractivity contribution in [2.75, 3.05) is 6.54 Å². The van der Waals surface area contributed by atoms with Crippen LogP contribution in [0.5, 0.6) is 0 Å². The first kappa shape index (κ1) is 12.0. The highest BCUT2D eigenvalue weighted by atomic mass is 19.1. The van der Waals surface area contributed by atoms with Crippen LogP contribution in [0, 0.1) is 18.7 Å². The third-order valence-electron chi connectivity index (χ3n) is 3.26. The maximum Gasteiger partial charge on any atom is 0.251 e. The summed E-state index contributed by atoms with van der Waals surface area (Å²) in [6.45, 7) is 2.30. The smallest absolute Gasteiger partial charge is 0.251 e. The lowest BCUT2D eigenvalue weighted by molar-refractivity contribution is 0.0935. The van der Waals surface area contributed by atoms with E-state index in [0.717, 1.165) is 12.8 Å². The molecule has 1 amide bonds. The van der Waals surface area contributed by atoms with Gasteiger partial charge in [0.2, 0.25) is 0 Å². The molecular weight excluding hydrogens is 219 g/mol. The maximum absolute atomic E-state index is 13.3. The van der Waals surface area contributed by atoms with Crippen LogP contribution in [0.25, 0.3) is 0 Å². The first-order chi connectivity index (χ1) is 8.06. The quantitative estimate of drug-likeness (QED) is 0.837. The maximum atomic E-state index is 13.3. The molecule has 1 aromatic rings. The number of aryl methyl sites for hydroxylation is 1. The van der Waals surface area contributed by atoms with E-state index in [4.69, 9.17) is 5.73 Å². The normalized spacial score (nSPS) is 23.0. The van der Waals surface area contributed by atoms with Crippen LogP contribution in [0.4, 0.5) is 4.39 Å². The average Bonchev–Trinajstić information content (AvgIpc) is 2.26. The molecule has 0 unspecified atom stereocenters. The van der Waals surface area contributed by atoms with Gasteiger partial charge in [-0.15, -0.1) is 0 Å². The van der Waals surface area contributed by atoms with Crippen LogP contribution in [0.15, 0.2) is 18.2 Å². The van der Waals surface area contributed by atoms with E-state index in [2.05, 4.69) is 5.32 Å². The first-order valence-electron chi connectivity index (χ1n) is 5.86. The molecule has 1 aliphatic carbocycles. The zero-order valence-electron chi connectivity index (χ0n) is 9.87. The Labute approximate surface area is 100 Å². The van der Waals surface area contributed by atoms with Crippen LogP contribution in [0.1, 0.15) is 28.8 Å². The molecule has 1 aromatic carbocycles. The Balaban J connectivity index is 1.88. The van der Waals surface area contributed by atoms with Crippen LogP contribution in [0.2, 0.25) is 0 Å². The van der Waals surface area contributed by atoms with Crippen molar-refractivity contribution in [3.63, 3.8) is 0 Å². The minimum atomic E-state index is -0.344. The highest BCUT2D eigenvalue weighted by Gasteiger charge is 2.25. The van der Waals surface area contributed by atoms with Crippen molar-refractivity contribution >= 4 is 5.91 Å². The van der Waals surface area contributed by atoms with Crippen molar-refractivity contribution < 1.29 is 9.18 Å². The predicted molar refractivity (Wildman–Crippen MR) is 64.2 cm³/mol. The summed E-state index contributed by atoms with van der Waals surface area (Å²) in [4.78, 5) is 11.7. The number of nitrogens with two attached hydrogens (primary N) is 1. The summed E-state index contributed by atoms with van der Waals surface area (Å²) in [6.07, 6.45) is 1.92. The molecule has 4 heteroatoms. The highest BCUT2D eigenvalue weighted by Crippen LogP contribution is 2.24. The summed E-state index contributed by atoms with van der Waals surface area (Å²) in [7, 11) is 0. The SMILES string of the molecule is Cc1ccc(C(=O)NCC2CC(N)C2)cc1F. The van der Waals surface area contributed by atoms with Gasteiger partial charge >= 0.3 is 0 Å². The largest absolute Gasteiger partial charge is 0.352 e. The molecule has 2 rings (SSSR count). The minimum Gasteiger partial charge on any atom is -0.352 e. The van der Waals surface area contributed by atoms with E-state index in [9.17, 15) is 9.18 Å². The molecule has 0 spiro atoms. The molecule has 0 saturated heterocycles. The predicted octanol–water partition coefficient (Wildman–Crippen LogP) is 1.60. The average molecular weight is 236 g/mol. The Morgan fingerprint density at radius 1 is 1.53 bits per heavy atom. The van der Waals surface area contributed by atoms with Gasteiger partial charge in [0.1, 0.15) is 5.82 Å². The van der Waals surface area contributed by atoms with Crippen molar-refractivity contribution in [2.45, 2.75) is 25.8 Å². The fourth-order valence-corrected chi connectivity index (χ4v) is 2.03. The minimum absolute atomic E-state index is 0.218. The van der Waals surface area contributed by atoms with Gasteiger partial charge in [-0.05, 0) is 43.4 Å². The van der Waals surface area contributed by atoms with Gasteiger partial charge in [0.25, 0.3) is 5.91 Å². The number of hydrogen-bond donors (Lipinski definition) is 2. The number of halogens is 1. The van der Waals surface area contributed by atoms with Gasteiger partial charge in [-0.25, -0.2) is 4.39 Å². The van der Waals surface area contributed by atoms with Crippen LogP contribution >= 0.6 is 0 Å². The number of hydrogen-bond acceptors (Lipinski definition) is 2. The van der Waals surface area contributed by atoms with Gasteiger partial charge in [-0.3, -0.25) is 4.79 Å². The highest BCUT2D eigenvalue weighted by molar-refractivity contribution is 5.94. The molecule has 0 aliphatic heterocycles. The molecule has 0 heterocycles. The molecule has 0 atom stereocenters. The van der Waals surface area contributed by atoms with E-state index in [1.54, 1.807) is 19.1 Å². The Morgan fingerprint density at radius 3 is 2.82 bits per heavy atom. The molecule has 1 aliphatic rings. The van der Waals surface area contributed by atoms with Gasteiger partial charge in [-0.1, -0.05) is 6.07 Å². The Hall–Kier alpha value is -1.42. The Kier molecular flexibility index (Phi) is 3.43. The Morgan fingerprint density at radius 2 is 2.24 bits per heavy atom.